The molecule has 19 heavy (non-hydrogen) atoms. The number of halogens is 3. The number of anilines is 1. The molecule has 1 heterocycles. The van der Waals surface area contributed by atoms with E-state index in [1.807, 2.05) is 0 Å². The van der Waals surface area contributed by atoms with Crippen molar-refractivity contribution in [1.82, 2.24) is 5.32 Å². The molecule has 1 aromatic carbocycles. The number of nitrogens with one attached hydrogen (secondary N) is 1. The van der Waals surface area contributed by atoms with E-state index in [1.165, 1.54) is 16.8 Å². The van der Waals surface area contributed by atoms with Gasteiger partial charge in [-0.05, 0) is 31.4 Å². The number of hydrogen-bond acceptors (Lipinski definition) is 2. The van der Waals surface area contributed by atoms with Gasteiger partial charge < -0.3 is 10.2 Å². The smallest absolute Gasteiger partial charge is 0.370 e. The monoisotopic (exact) mass is 272 g/mol. The van der Waals surface area contributed by atoms with E-state index in [1.54, 1.807) is 0 Å². The summed E-state index contributed by atoms with van der Waals surface area (Å²) < 4.78 is 36.1. The Bertz CT molecular complexity index is 429. The molecule has 2 rings (SSSR count). The molecule has 0 radical (unpaired) electrons. The molecule has 1 aliphatic rings. The van der Waals surface area contributed by atoms with Gasteiger partial charge in [0.25, 0.3) is 0 Å². The van der Waals surface area contributed by atoms with Gasteiger partial charge in [0, 0.05) is 25.3 Å². The Morgan fingerprint density at radius 1 is 1.32 bits per heavy atom. The first kappa shape index (κ1) is 14.2. The highest BCUT2D eigenvalue weighted by molar-refractivity contribution is 5.56. The molecule has 0 bridgehead atoms. The molecule has 0 unspecified atom stereocenters. The molecule has 0 saturated heterocycles. The lowest BCUT2D eigenvalue weighted by molar-refractivity contribution is -0.124. The van der Waals surface area contributed by atoms with Crippen LogP contribution in [0.1, 0.15) is 17.5 Å². The lowest BCUT2D eigenvalue weighted by Crippen LogP contribution is -2.38. The summed E-state index contributed by atoms with van der Waals surface area (Å²) >= 11 is 0. The summed E-state index contributed by atoms with van der Waals surface area (Å²) in [4.78, 5) is 2.17. The Morgan fingerprint density at radius 3 is 2.84 bits per heavy atom. The first-order valence-electron chi connectivity index (χ1n) is 6.58. The summed E-state index contributed by atoms with van der Waals surface area (Å²) in [5.41, 5.74) is 3.71. The molecule has 0 atom stereocenters. The summed E-state index contributed by atoms with van der Waals surface area (Å²) in [6.45, 7) is 3.04. The third-order valence-electron chi connectivity index (χ3n) is 3.33. The number of hydrogen-bond donors (Lipinski definition) is 1. The van der Waals surface area contributed by atoms with Crippen molar-refractivity contribution in [3.8, 4) is 0 Å². The van der Waals surface area contributed by atoms with Crippen LogP contribution >= 0.6 is 0 Å². The number of fused-ring (bicyclic) bond motifs is 1. The first-order valence-corrected chi connectivity index (χ1v) is 6.58. The Balaban J connectivity index is 1.89. The van der Waals surface area contributed by atoms with Crippen molar-refractivity contribution in [2.45, 2.75) is 25.9 Å². The van der Waals surface area contributed by atoms with Gasteiger partial charge in [0.15, 0.2) is 0 Å². The van der Waals surface area contributed by atoms with Crippen LogP contribution in [-0.4, -0.2) is 32.4 Å². The summed E-state index contributed by atoms with van der Waals surface area (Å²) in [6.07, 6.45) is -2.00. The maximum Gasteiger partial charge on any atom is 0.401 e. The van der Waals surface area contributed by atoms with E-state index in [4.69, 9.17) is 0 Å². The number of aryl methyl sites for hydroxylation is 2. The highest BCUT2D eigenvalue weighted by Gasteiger charge is 2.26. The molecule has 0 amide bonds. The maximum atomic E-state index is 12.0. The standard InChI is InChI=1S/C14H19F3N2/c1-11-4-5-13-12(9-11)3-2-7-19(13)8-6-18-10-14(15,16)17/h4-5,9,18H,2-3,6-8,10H2,1H3. The fourth-order valence-electron chi connectivity index (χ4n) is 2.48. The van der Waals surface area contributed by atoms with E-state index in [0.717, 1.165) is 19.4 Å². The molecule has 0 spiro atoms. The van der Waals surface area contributed by atoms with Crippen LogP contribution in [0.15, 0.2) is 18.2 Å². The fraction of sp³-hybridized carbons (Fsp3) is 0.571. The van der Waals surface area contributed by atoms with Gasteiger partial charge in [0.1, 0.15) is 0 Å². The summed E-state index contributed by atoms with van der Waals surface area (Å²) in [5.74, 6) is 0. The van der Waals surface area contributed by atoms with Crippen molar-refractivity contribution in [2.75, 3.05) is 31.1 Å². The maximum absolute atomic E-state index is 12.0. The molecule has 1 N–H and O–H groups in total. The molecular weight excluding hydrogens is 253 g/mol. The molecule has 0 saturated carbocycles. The van der Waals surface area contributed by atoms with E-state index in [0.29, 0.717) is 13.1 Å². The average molecular weight is 272 g/mol. The molecule has 2 nitrogen and oxygen atoms in total. The Hall–Kier alpha value is -1.23. The van der Waals surface area contributed by atoms with Crippen LogP contribution in [0.4, 0.5) is 18.9 Å². The van der Waals surface area contributed by atoms with E-state index in [-0.39, 0.29) is 0 Å². The van der Waals surface area contributed by atoms with Gasteiger partial charge in [-0.3, -0.25) is 0 Å². The predicted molar refractivity (Wildman–Crippen MR) is 70.6 cm³/mol. The zero-order chi connectivity index (χ0) is 13.9. The van der Waals surface area contributed by atoms with Gasteiger partial charge in [-0.25, -0.2) is 0 Å². The Labute approximate surface area is 111 Å². The van der Waals surface area contributed by atoms with Crippen molar-refractivity contribution >= 4 is 5.69 Å². The predicted octanol–water partition coefficient (Wildman–Crippen LogP) is 2.90. The van der Waals surface area contributed by atoms with Crippen LogP contribution in [-0.2, 0) is 6.42 Å². The Morgan fingerprint density at radius 2 is 2.11 bits per heavy atom. The quantitative estimate of drug-likeness (QED) is 0.848. The normalized spacial score (nSPS) is 15.5. The van der Waals surface area contributed by atoms with Crippen molar-refractivity contribution in [2.24, 2.45) is 0 Å². The molecule has 5 heteroatoms. The molecule has 106 valence electrons. The summed E-state index contributed by atoms with van der Waals surface area (Å²) in [7, 11) is 0. The molecule has 0 aliphatic carbocycles. The topological polar surface area (TPSA) is 15.3 Å². The highest BCUT2D eigenvalue weighted by Crippen LogP contribution is 2.27. The lowest BCUT2D eigenvalue weighted by Gasteiger charge is -2.31. The largest absolute Gasteiger partial charge is 0.401 e. The number of rotatable bonds is 4. The van der Waals surface area contributed by atoms with Gasteiger partial charge in [-0.15, -0.1) is 0 Å². The molecule has 0 fully saturated rings. The second-order valence-corrected chi connectivity index (χ2v) is 5.01. The third-order valence-corrected chi connectivity index (χ3v) is 3.33. The lowest BCUT2D eigenvalue weighted by atomic mass is 10.00. The second kappa shape index (κ2) is 5.82. The van der Waals surface area contributed by atoms with Crippen LogP contribution in [0.5, 0.6) is 0 Å². The van der Waals surface area contributed by atoms with Crippen molar-refractivity contribution in [1.29, 1.82) is 0 Å². The van der Waals surface area contributed by atoms with Gasteiger partial charge in [0.2, 0.25) is 0 Å². The van der Waals surface area contributed by atoms with Crippen LogP contribution in [0.2, 0.25) is 0 Å². The van der Waals surface area contributed by atoms with Crippen molar-refractivity contribution in [3.63, 3.8) is 0 Å². The highest BCUT2D eigenvalue weighted by atomic mass is 19.4. The summed E-state index contributed by atoms with van der Waals surface area (Å²) in [5, 5.41) is 2.45. The van der Waals surface area contributed by atoms with Crippen LogP contribution in [0, 0.1) is 6.92 Å². The summed E-state index contributed by atoms with van der Waals surface area (Å²) in [6, 6.07) is 6.30. The van der Waals surface area contributed by atoms with E-state index in [2.05, 4.69) is 35.3 Å². The molecule has 0 aromatic heterocycles. The first-order chi connectivity index (χ1) is 8.96. The minimum atomic E-state index is -4.13. The van der Waals surface area contributed by atoms with Gasteiger partial charge in [-0.1, -0.05) is 17.7 Å². The zero-order valence-corrected chi connectivity index (χ0v) is 11.1. The molecular formula is C14H19F3N2. The number of nitrogens with zero attached hydrogens (tertiary/aromatic N) is 1. The zero-order valence-electron chi connectivity index (χ0n) is 11.1. The van der Waals surface area contributed by atoms with Crippen LogP contribution < -0.4 is 10.2 Å². The van der Waals surface area contributed by atoms with E-state index < -0.39 is 12.7 Å². The van der Waals surface area contributed by atoms with Gasteiger partial charge in [0.05, 0.1) is 6.54 Å². The number of benzene rings is 1. The second-order valence-electron chi connectivity index (χ2n) is 5.01. The van der Waals surface area contributed by atoms with E-state index >= 15 is 0 Å². The van der Waals surface area contributed by atoms with Crippen LogP contribution in [0.25, 0.3) is 0 Å². The van der Waals surface area contributed by atoms with E-state index in [9.17, 15) is 13.2 Å². The third kappa shape index (κ3) is 4.13. The average Bonchev–Trinajstić information content (AvgIpc) is 2.33. The minimum absolute atomic E-state index is 0.354. The van der Waals surface area contributed by atoms with Crippen LogP contribution in [0.3, 0.4) is 0 Å². The SMILES string of the molecule is Cc1ccc2c(c1)CCCN2CCNCC(F)(F)F. The molecule has 1 aliphatic heterocycles. The fourth-order valence-corrected chi connectivity index (χ4v) is 2.48. The van der Waals surface area contributed by atoms with Gasteiger partial charge >= 0.3 is 6.18 Å². The number of alkyl halides is 3. The van der Waals surface area contributed by atoms with Crippen molar-refractivity contribution in [3.05, 3.63) is 29.3 Å². The van der Waals surface area contributed by atoms with Crippen molar-refractivity contribution < 1.29 is 13.2 Å². The minimum Gasteiger partial charge on any atom is -0.370 e. The molecule has 1 aromatic rings. The Kier molecular flexibility index (Phi) is 4.34. The van der Waals surface area contributed by atoms with Gasteiger partial charge in [-0.2, -0.15) is 13.2 Å².